The molecule has 1 heterocycles. The fourth-order valence-corrected chi connectivity index (χ4v) is 2.94. The average molecular weight is 253 g/mol. The van der Waals surface area contributed by atoms with Crippen LogP contribution in [0.5, 0.6) is 0 Å². The zero-order chi connectivity index (χ0) is 13.1. The Kier molecular flexibility index (Phi) is 3.60. The summed E-state index contributed by atoms with van der Waals surface area (Å²) in [5.74, 6) is 0.783. The molecule has 0 saturated carbocycles. The number of ketones is 1. The van der Waals surface area contributed by atoms with Crippen LogP contribution in [0.4, 0.5) is 0 Å². The zero-order valence-electron chi connectivity index (χ0n) is 11.1. The summed E-state index contributed by atoms with van der Waals surface area (Å²) in [5.41, 5.74) is 0.878. The van der Waals surface area contributed by atoms with Crippen molar-refractivity contribution in [3.05, 3.63) is 48.0 Å². The van der Waals surface area contributed by atoms with Crippen LogP contribution in [0.2, 0.25) is 0 Å². The molecule has 1 saturated heterocycles. The van der Waals surface area contributed by atoms with Crippen molar-refractivity contribution in [1.82, 2.24) is 5.32 Å². The van der Waals surface area contributed by atoms with Crippen molar-refractivity contribution in [2.24, 2.45) is 5.92 Å². The number of rotatable bonds is 3. The van der Waals surface area contributed by atoms with Gasteiger partial charge < -0.3 is 5.32 Å². The lowest BCUT2D eigenvalue weighted by Crippen LogP contribution is -2.31. The molecule has 1 aliphatic rings. The summed E-state index contributed by atoms with van der Waals surface area (Å²) < 4.78 is 0. The quantitative estimate of drug-likeness (QED) is 0.849. The van der Waals surface area contributed by atoms with Gasteiger partial charge in [-0.3, -0.25) is 4.79 Å². The molecule has 2 nitrogen and oxygen atoms in total. The van der Waals surface area contributed by atoms with Crippen LogP contribution in [0, 0.1) is 5.92 Å². The van der Waals surface area contributed by atoms with E-state index in [1.54, 1.807) is 0 Å². The lowest BCUT2D eigenvalue weighted by molar-refractivity contribution is 0.0955. The van der Waals surface area contributed by atoms with E-state index in [9.17, 15) is 4.79 Å². The molecule has 2 heteroatoms. The van der Waals surface area contributed by atoms with Crippen molar-refractivity contribution in [1.29, 1.82) is 0 Å². The second kappa shape index (κ2) is 5.54. The lowest BCUT2D eigenvalue weighted by atomic mass is 9.90. The molecule has 3 rings (SSSR count). The van der Waals surface area contributed by atoms with Crippen LogP contribution in [0.25, 0.3) is 10.8 Å². The first-order valence-electron chi connectivity index (χ1n) is 7.06. The molecule has 1 fully saturated rings. The molecule has 2 aromatic rings. The molecule has 0 amide bonds. The third-order valence-corrected chi connectivity index (χ3v) is 3.96. The van der Waals surface area contributed by atoms with Crippen LogP contribution >= 0.6 is 0 Å². The largest absolute Gasteiger partial charge is 0.316 e. The Morgan fingerprint density at radius 2 is 2.00 bits per heavy atom. The Hall–Kier alpha value is -1.67. The maximum atomic E-state index is 12.5. The van der Waals surface area contributed by atoms with Gasteiger partial charge in [-0.1, -0.05) is 42.5 Å². The van der Waals surface area contributed by atoms with E-state index < -0.39 is 0 Å². The van der Waals surface area contributed by atoms with Gasteiger partial charge in [0, 0.05) is 12.0 Å². The number of benzene rings is 2. The number of hydrogen-bond acceptors (Lipinski definition) is 2. The second-order valence-corrected chi connectivity index (χ2v) is 5.37. The van der Waals surface area contributed by atoms with E-state index in [-0.39, 0.29) is 5.78 Å². The maximum absolute atomic E-state index is 12.5. The molecule has 0 radical (unpaired) electrons. The second-order valence-electron chi connectivity index (χ2n) is 5.37. The van der Waals surface area contributed by atoms with Crippen LogP contribution in [-0.2, 0) is 0 Å². The van der Waals surface area contributed by atoms with Gasteiger partial charge in [0.05, 0.1) is 0 Å². The standard InChI is InChI=1S/C17H19NO/c19-17(11-13-5-4-10-18-12-13)16-9-3-7-14-6-1-2-8-15(14)16/h1-3,6-9,13,18H,4-5,10-12H2. The Bertz CT molecular complexity index is 579. The molecular formula is C17H19NO. The van der Waals surface area contributed by atoms with Crippen molar-refractivity contribution >= 4 is 16.6 Å². The van der Waals surface area contributed by atoms with Crippen molar-refractivity contribution in [3.8, 4) is 0 Å². The van der Waals surface area contributed by atoms with E-state index >= 15 is 0 Å². The summed E-state index contributed by atoms with van der Waals surface area (Å²) in [6.45, 7) is 2.08. The number of carbonyl (C=O) groups is 1. The topological polar surface area (TPSA) is 29.1 Å². The molecule has 0 spiro atoms. The zero-order valence-corrected chi connectivity index (χ0v) is 11.1. The number of hydrogen-bond donors (Lipinski definition) is 1. The van der Waals surface area contributed by atoms with Gasteiger partial charge in [-0.2, -0.15) is 0 Å². The van der Waals surface area contributed by atoms with Crippen molar-refractivity contribution in [2.45, 2.75) is 19.3 Å². The van der Waals surface area contributed by atoms with E-state index in [1.807, 2.05) is 30.3 Å². The first-order valence-corrected chi connectivity index (χ1v) is 7.06. The molecule has 0 aliphatic carbocycles. The molecule has 98 valence electrons. The third-order valence-electron chi connectivity index (χ3n) is 3.96. The predicted molar refractivity (Wildman–Crippen MR) is 78.5 cm³/mol. The van der Waals surface area contributed by atoms with Crippen LogP contribution in [0.1, 0.15) is 29.6 Å². The van der Waals surface area contributed by atoms with Gasteiger partial charge in [0.1, 0.15) is 0 Å². The summed E-state index contributed by atoms with van der Waals surface area (Å²) in [7, 11) is 0. The van der Waals surface area contributed by atoms with E-state index in [0.29, 0.717) is 12.3 Å². The molecular weight excluding hydrogens is 234 g/mol. The minimum absolute atomic E-state index is 0.283. The molecule has 19 heavy (non-hydrogen) atoms. The minimum Gasteiger partial charge on any atom is -0.316 e. The van der Waals surface area contributed by atoms with Crippen LogP contribution < -0.4 is 5.32 Å². The SMILES string of the molecule is O=C(CC1CCCNC1)c1cccc2ccccc12. The smallest absolute Gasteiger partial charge is 0.163 e. The van der Waals surface area contributed by atoms with Gasteiger partial charge >= 0.3 is 0 Å². The highest BCUT2D eigenvalue weighted by Crippen LogP contribution is 2.23. The number of carbonyl (C=O) groups excluding carboxylic acids is 1. The van der Waals surface area contributed by atoms with Crippen LogP contribution in [0.3, 0.4) is 0 Å². The summed E-state index contributed by atoms with van der Waals surface area (Å²) in [6.07, 6.45) is 3.03. The molecule has 0 bridgehead atoms. The Morgan fingerprint density at radius 1 is 1.16 bits per heavy atom. The fourth-order valence-electron chi connectivity index (χ4n) is 2.94. The van der Waals surface area contributed by atoms with Gasteiger partial charge in [0.2, 0.25) is 0 Å². The lowest BCUT2D eigenvalue weighted by Gasteiger charge is -2.22. The van der Waals surface area contributed by atoms with Gasteiger partial charge in [0.15, 0.2) is 5.78 Å². The summed E-state index contributed by atoms with van der Waals surface area (Å²) >= 11 is 0. The van der Waals surface area contributed by atoms with Gasteiger partial charge in [-0.25, -0.2) is 0 Å². The Labute approximate surface area is 113 Å². The highest BCUT2D eigenvalue weighted by molar-refractivity contribution is 6.08. The van der Waals surface area contributed by atoms with E-state index in [0.717, 1.165) is 29.4 Å². The van der Waals surface area contributed by atoms with Crippen molar-refractivity contribution < 1.29 is 4.79 Å². The predicted octanol–water partition coefficient (Wildman–Crippen LogP) is 3.41. The minimum atomic E-state index is 0.283. The highest BCUT2D eigenvalue weighted by Gasteiger charge is 2.18. The van der Waals surface area contributed by atoms with Gasteiger partial charge in [-0.15, -0.1) is 0 Å². The maximum Gasteiger partial charge on any atom is 0.163 e. The highest BCUT2D eigenvalue weighted by atomic mass is 16.1. The molecule has 1 unspecified atom stereocenters. The summed E-state index contributed by atoms with van der Waals surface area (Å²) in [4.78, 5) is 12.5. The molecule has 1 aliphatic heterocycles. The number of Topliss-reactive ketones (excluding diaryl/α,β-unsaturated/α-hetero) is 1. The number of nitrogens with one attached hydrogen (secondary N) is 1. The summed E-state index contributed by atoms with van der Waals surface area (Å²) in [6, 6.07) is 14.1. The summed E-state index contributed by atoms with van der Waals surface area (Å²) in [5, 5.41) is 5.61. The van der Waals surface area contributed by atoms with Crippen molar-refractivity contribution in [3.63, 3.8) is 0 Å². The number of piperidine rings is 1. The molecule has 0 aromatic heterocycles. The number of fused-ring (bicyclic) bond motifs is 1. The third kappa shape index (κ3) is 2.69. The first kappa shape index (κ1) is 12.4. The molecule has 1 N–H and O–H groups in total. The van der Waals surface area contributed by atoms with Gasteiger partial charge in [-0.05, 0) is 42.6 Å². The fraction of sp³-hybridized carbons (Fsp3) is 0.353. The van der Waals surface area contributed by atoms with Crippen LogP contribution in [-0.4, -0.2) is 18.9 Å². The average Bonchev–Trinajstić information content (AvgIpc) is 2.47. The normalized spacial score (nSPS) is 19.5. The van der Waals surface area contributed by atoms with Crippen LogP contribution in [0.15, 0.2) is 42.5 Å². The Morgan fingerprint density at radius 3 is 2.84 bits per heavy atom. The van der Waals surface area contributed by atoms with E-state index in [4.69, 9.17) is 0 Å². The monoisotopic (exact) mass is 253 g/mol. The molecule has 2 aromatic carbocycles. The molecule has 1 atom stereocenters. The first-order chi connectivity index (χ1) is 9.34. The van der Waals surface area contributed by atoms with E-state index in [1.165, 1.54) is 12.8 Å². The van der Waals surface area contributed by atoms with Gasteiger partial charge in [0.25, 0.3) is 0 Å². The van der Waals surface area contributed by atoms with E-state index in [2.05, 4.69) is 17.4 Å². The van der Waals surface area contributed by atoms with Crippen molar-refractivity contribution in [2.75, 3.05) is 13.1 Å². The Balaban J connectivity index is 1.85.